The van der Waals surface area contributed by atoms with Crippen molar-refractivity contribution in [1.29, 1.82) is 0 Å². The van der Waals surface area contributed by atoms with E-state index in [9.17, 15) is 4.79 Å². The van der Waals surface area contributed by atoms with E-state index in [0.717, 1.165) is 11.3 Å². The lowest BCUT2D eigenvalue weighted by Gasteiger charge is -2.36. The fourth-order valence-corrected chi connectivity index (χ4v) is 1.99. The van der Waals surface area contributed by atoms with E-state index in [-0.39, 0.29) is 5.97 Å². The first-order valence-corrected chi connectivity index (χ1v) is 6.12. The summed E-state index contributed by atoms with van der Waals surface area (Å²) >= 11 is 0. The summed E-state index contributed by atoms with van der Waals surface area (Å²) in [5, 5.41) is 0. The normalized spacial score (nSPS) is 11.3. The molecule has 1 rings (SSSR count). The van der Waals surface area contributed by atoms with E-state index in [2.05, 4.69) is 32.9 Å². The maximum Gasteiger partial charge on any atom is 0.331 e. The molecule has 0 amide bonds. The van der Waals surface area contributed by atoms with Gasteiger partial charge in [-0.05, 0) is 57.4 Å². The monoisotopic (exact) mass is 249 g/mol. The van der Waals surface area contributed by atoms with Gasteiger partial charge in [-0.2, -0.15) is 0 Å². The summed E-state index contributed by atoms with van der Waals surface area (Å²) < 4.78 is 4.87. The van der Waals surface area contributed by atoms with Crippen LogP contribution in [0.3, 0.4) is 0 Å². The number of nitrogens with zero attached hydrogens (tertiary/aromatic N) is 1. The number of ether oxygens (including phenoxy) is 1. The summed E-state index contributed by atoms with van der Waals surface area (Å²) in [7, 11) is 3.35. The highest BCUT2D eigenvalue weighted by atomic mass is 16.5. The summed E-state index contributed by atoms with van der Waals surface area (Å²) in [6.45, 7) is 9.97. The molecule has 0 saturated carbocycles. The van der Waals surface area contributed by atoms with Crippen LogP contribution in [-0.4, -0.2) is 25.7 Å². The van der Waals surface area contributed by atoms with Gasteiger partial charge in [0.15, 0.2) is 0 Å². The number of carbonyl (C=O) groups excluding carboxylic acids is 1. The molecule has 0 radical (unpaired) electrons. The van der Waals surface area contributed by atoms with Crippen LogP contribution in [0, 0.1) is 20.8 Å². The molecule has 0 aromatic heterocycles. The first-order valence-electron chi connectivity index (χ1n) is 6.12. The third kappa shape index (κ3) is 2.50. The van der Waals surface area contributed by atoms with Gasteiger partial charge < -0.3 is 9.64 Å². The summed E-state index contributed by atoms with van der Waals surface area (Å²) in [4.78, 5) is 13.8. The van der Waals surface area contributed by atoms with E-state index in [4.69, 9.17) is 4.74 Å². The molecule has 0 fully saturated rings. The molecule has 0 atom stereocenters. The van der Waals surface area contributed by atoms with Crippen LogP contribution in [0.2, 0.25) is 0 Å². The van der Waals surface area contributed by atoms with Crippen molar-refractivity contribution in [2.45, 2.75) is 40.2 Å². The van der Waals surface area contributed by atoms with E-state index in [1.54, 1.807) is 0 Å². The van der Waals surface area contributed by atoms with E-state index in [1.807, 2.05) is 25.8 Å². The van der Waals surface area contributed by atoms with Crippen LogP contribution < -0.4 is 4.90 Å². The fraction of sp³-hybridized carbons (Fsp3) is 0.533. The summed E-state index contributed by atoms with van der Waals surface area (Å²) in [5.41, 5.74) is 4.04. The van der Waals surface area contributed by atoms with Crippen LogP contribution in [0.5, 0.6) is 0 Å². The highest BCUT2D eigenvalue weighted by Gasteiger charge is 2.34. The van der Waals surface area contributed by atoms with Crippen LogP contribution >= 0.6 is 0 Å². The number of methoxy groups -OCH3 is 1. The van der Waals surface area contributed by atoms with Crippen molar-refractivity contribution in [3.63, 3.8) is 0 Å². The average molecular weight is 249 g/mol. The van der Waals surface area contributed by atoms with E-state index < -0.39 is 5.54 Å². The van der Waals surface area contributed by atoms with Crippen molar-refractivity contribution in [3.05, 3.63) is 28.8 Å². The number of aryl methyl sites for hydroxylation is 3. The first kappa shape index (κ1) is 14.6. The molecule has 1 aromatic rings. The summed E-state index contributed by atoms with van der Waals surface area (Å²) in [5.74, 6) is -0.234. The van der Waals surface area contributed by atoms with Crippen LogP contribution in [0.1, 0.15) is 30.5 Å². The van der Waals surface area contributed by atoms with Gasteiger partial charge >= 0.3 is 5.97 Å². The third-order valence-electron chi connectivity index (χ3n) is 3.70. The molecule has 0 aliphatic rings. The van der Waals surface area contributed by atoms with Gasteiger partial charge in [0.1, 0.15) is 5.54 Å². The number of esters is 1. The molecular weight excluding hydrogens is 226 g/mol. The second-order valence-corrected chi connectivity index (χ2v) is 5.33. The van der Waals surface area contributed by atoms with E-state index >= 15 is 0 Å². The van der Waals surface area contributed by atoms with Gasteiger partial charge in [0.05, 0.1) is 7.11 Å². The standard InChI is InChI=1S/C15H23NO2/c1-10-8-12(3)13(9-11(10)2)16(6)15(4,5)14(17)18-7/h8-9H,1-7H3. The Kier molecular flexibility index (Phi) is 4.05. The number of hydrogen-bond acceptors (Lipinski definition) is 3. The van der Waals surface area contributed by atoms with Gasteiger partial charge in [0.2, 0.25) is 0 Å². The molecule has 18 heavy (non-hydrogen) atoms. The van der Waals surface area contributed by atoms with Gasteiger partial charge in [-0.15, -0.1) is 0 Å². The van der Waals surface area contributed by atoms with E-state index in [0.29, 0.717) is 0 Å². The molecule has 0 aliphatic carbocycles. The topological polar surface area (TPSA) is 29.5 Å². The van der Waals surface area contributed by atoms with Gasteiger partial charge in [0, 0.05) is 12.7 Å². The number of likely N-dealkylation sites (N-methyl/N-ethyl adjacent to an activating group) is 1. The number of carbonyl (C=O) groups is 1. The molecule has 0 bridgehead atoms. The van der Waals surface area contributed by atoms with Gasteiger partial charge in [0.25, 0.3) is 0 Å². The quantitative estimate of drug-likeness (QED) is 0.771. The van der Waals surface area contributed by atoms with Crippen molar-refractivity contribution < 1.29 is 9.53 Å². The maximum atomic E-state index is 11.8. The smallest absolute Gasteiger partial charge is 0.331 e. The first-order chi connectivity index (χ1) is 8.21. The van der Waals surface area contributed by atoms with Crippen LogP contribution in [0.15, 0.2) is 12.1 Å². The summed E-state index contributed by atoms with van der Waals surface area (Å²) in [6, 6.07) is 4.27. The molecule has 1 aromatic carbocycles. The zero-order valence-electron chi connectivity index (χ0n) is 12.4. The second kappa shape index (κ2) is 5.01. The van der Waals surface area contributed by atoms with Crippen LogP contribution in [0.4, 0.5) is 5.69 Å². The third-order valence-corrected chi connectivity index (χ3v) is 3.70. The predicted octanol–water partition coefficient (Wildman–Crippen LogP) is 3.00. The number of rotatable bonds is 3. The molecule has 0 heterocycles. The Balaban J connectivity index is 3.22. The van der Waals surface area contributed by atoms with Gasteiger partial charge in [-0.1, -0.05) is 6.07 Å². The van der Waals surface area contributed by atoms with Crippen LogP contribution in [-0.2, 0) is 9.53 Å². The number of anilines is 1. The molecular formula is C15H23NO2. The Morgan fingerprint density at radius 1 is 1.11 bits per heavy atom. The van der Waals surface area contributed by atoms with Gasteiger partial charge in [-0.3, -0.25) is 0 Å². The average Bonchev–Trinajstić information content (AvgIpc) is 2.31. The molecule has 0 saturated heterocycles. The Labute approximate surface area is 110 Å². The van der Waals surface area contributed by atoms with Crippen LogP contribution in [0.25, 0.3) is 0 Å². The Bertz CT molecular complexity index is 464. The second-order valence-electron chi connectivity index (χ2n) is 5.33. The Morgan fingerprint density at radius 3 is 2.11 bits per heavy atom. The summed E-state index contributed by atoms with van der Waals surface area (Å²) in [6.07, 6.45) is 0. The lowest BCUT2D eigenvalue weighted by molar-refractivity contribution is -0.145. The van der Waals surface area contributed by atoms with Crippen molar-refractivity contribution in [1.82, 2.24) is 0 Å². The largest absolute Gasteiger partial charge is 0.467 e. The molecule has 100 valence electrons. The fourth-order valence-electron chi connectivity index (χ4n) is 1.99. The molecule has 0 unspecified atom stereocenters. The zero-order valence-corrected chi connectivity index (χ0v) is 12.4. The molecule has 3 nitrogen and oxygen atoms in total. The number of benzene rings is 1. The lowest BCUT2D eigenvalue weighted by Crippen LogP contribution is -2.49. The molecule has 0 aliphatic heterocycles. The van der Waals surface area contributed by atoms with Crippen molar-refractivity contribution in [3.8, 4) is 0 Å². The predicted molar refractivity (Wildman–Crippen MR) is 75.2 cm³/mol. The van der Waals surface area contributed by atoms with Gasteiger partial charge in [-0.25, -0.2) is 4.79 Å². The maximum absolute atomic E-state index is 11.8. The minimum Gasteiger partial charge on any atom is -0.467 e. The molecule has 3 heteroatoms. The lowest BCUT2D eigenvalue weighted by atomic mass is 9.98. The SMILES string of the molecule is COC(=O)C(C)(C)N(C)c1cc(C)c(C)cc1C. The Hall–Kier alpha value is -1.51. The Morgan fingerprint density at radius 2 is 1.61 bits per heavy atom. The minimum atomic E-state index is -0.679. The van der Waals surface area contributed by atoms with Crippen molar-refractivity contribution >= 4 is 11.7 Å². The minimum absolute atomic E-state index is 0.234. The molecule has 0 spiro atoms. The molecule has 0 N–H and O–H groups in total. The zero-order chi connectivity index (χ0) is 14.1. The van der Waals surface area contributed by atoms with Crippen molar-refractivity contribution in [2.75, 3.05) is 19.1 Å². The highest BCUT2D eigenvalue weighted by Crippen LogP contribution is 2.29. The highest BCUT2D eigenvalue weighted by molar-refractivity contribution is 5.84. The number of hydrogen-bond donors (Lipinski definition) is 0. The van der Waals surface area contributed by atoms with Crippen molar-refractivity contribution in [2.24, 2.45) is 0 Å². The van der Waals surface area contributed by atoms with E-state index in [1.165, 1.54) is 18.2 Å².